The number of hydrazine groups is 1. The van der Waals surface area contributed by atoms with Gasteiger partial charge in [-0.2, -0.15) is 0 Å². The highest BCUT2D eigenvalue weighted by Crippen LogP contribution is 2.10. The average Bonchev–Trinajstić information content (AvgIpc) is 2.64. The van der Waals surface area contributed by atoms with E-state index in [1.165, 1.54) is 24.3 Å². The van der Waals surface area contributed by atoms with Gasteiger partial charge in [0, 0.05) is 11.1 Å². The van der Waals surface area contributed by atoms with Crippen LogP contribution < -0.4 is 10.9 Å². The van der Waals surface area contributed by atoms with Crippen LogP contribution in [0.2, 0.25) is 5.02 Å². The smallest absolute Gasteiger partial charge is 0.331 e. The van der Waals surface area contributed by atoms with Crippen LogP contribution in [-0.4, -0.2) is 24.4 Å². The predicted molar refractivity (Wildman–Crippen MR) is 93.5 cm³/mol. The van der Waals surface area contributed by atoms with Crippen LogP contribution in [0.4, 0.5) is 4.39 Å². The second-order valence-electron chi connectivity index (χ2n) is 4.97. The Morgan fingerprint density at radius 2 is 1.73 bits per heavy atom. The van der Waals surface area contributed by atoms with Gasteiger partial charge in [0.25, 0.3) is 11.8 Å². The van der Waals surface area contributed by atoms with Crippen LogP contribution in [0, 0.1) is 5.82 Å². The normalized spacial score (nSPS) is 10.4. The van der Waals surface area contributed by atoms with Gasteiger partial charge in [-0.15, -0.1) is 0 Å². The molecule has 26 heavy (non-hydrogen) atoms. The molecule has 2 N–H and O–H groups in total. The first-order valence-corrected chi connectivity index (χ1v) is 7.77. The van der Waals surface area contributed by atoms with Gasteiger partial charge in [-0.25, -0.2) is 9.18 Å². The number of halogens is 2. The van der Waals surface area contributed by atoms with Gasteiger partial charge in [-0.3, -0.25) is 20.4 Å². The summed E-state index contributed by atoms with van der Waals surface area (Å²) in [4.78, 5) is 34.8. The minimum absolute atomic E-state index is 0.226. The average molecular weight is 377 g/mol. The highest BCUT2D eigenvalue weighted by molar-refractivity contribution is 6.30. The number of hydrogen-bond acceptors (Lipinski definition) is 4. The molecule has 6 nitrogen and oxygen atoms in total. The van der Waals surface area contributed by atoms with E-state index < -0.39 is 30.2 Å². The largest absolute Gasteiger partial charge is 0.452 e. The summed E-state index contributed by atoms with van der Waals surface area (Å²) < 4.78 is 18.1. The number of ether oxygens (including phenoxy) is 1. The van der Waals surface area contributed by atoms with Gasteiger partial charge in [-0.05, 0) is 35.9 Å². The Kier molecular flexibility index (Phi) is 6.87. The third-order valence-corrected chi connectivity index (χ3v) is 3.31. The lowest BCUT2D eigenvalue weighted by atomic mass is 10.2. The third-order valence-electron chi connectivity index (χ3n) is 3.06. The number of carbonyl (C=O) groups is 3. The summed E-state index contributed by atoms with van der Waals surface area (Å²) in [6.45, 7) is -0.610. The van der Waals surface area contributed by atoms with Crippen molar-refractivity contribution < 1.29 is 23.5 Å². The van der Waals surface area contributed by atoms with Crippen LogP contribution in [0.25, 0.3) is 6.08 Å². The zero-order valence-electron chi connectivity index (χ0n) is 13.4. The topological polar surface area (TPSA) is 84.5 Å². The first-order chi connectivity index (χ1) is 12.5. The Hall–Kier alpha value is -3.19. The number of carbonyl (C=O) groups excluding carboxylic acids is 3. The molecule has 0 bridgehead atoms. The molecule has 0 aliphatic rings. The van der Waals surface area contributed by atoms with Crippen molar-refractivity contribution in [2.24, 2.45) is 0 Å². The van der Waals surface area contributed by atoms with Crippen LogP contribution in [-0.2, 0) is 14.3 Å². The van der Waals surface area contributed by atoms with Gasteiger partial charge in [0.2, 0.25) is 0 Å². The zero-order valence-corrected chi connectivity index (χ0v) is 14.1. The Bertz CT molecular complexity index is 837. The molecule has 2 aromatic rings. The molecule has 0 aliphatic heterocycles. The minimum Gasteiger partial charge on any atom is -0.452 e. The van der Waals surface area contributed by atoms with Crippen LogP contribution in [0.15, 0.2) is 54.6 Å². The highest BCUT2D eigenvalue weighted by atomic mass is 35.5. The molecule has 0 heterocycles. The van der Waals surface area contributed by atoms with E-state index in [1.807, 2.05) is 10.9 Å². The standard InChI is InChI=1S/C18H14ClFN2O4/c19-13-8-5-12(6-9-13)7-10-17(24)26-11-16(23)21-22-18(25)14-3-1-2-4-15(14)20/h1-10H,11H2,(H,21,23)(H,22,25)/b10-7+. The molecule has 0 fully saturated rings. The predicted octanol–water partition coefficient (Wildman–Crippen LogP) is 2.50. The Morgan fingerprint density at radius 3 is 2.42 bits per heavy atom. The van der Waals surface area contributed by atoms with E-state index in [4.69, 9.17) is 16.3 Å². The second-order valence-corrected chi connectivity index (χ2v) is 5.41. The molecule has 134 valence electrons. The number of hydrogen-bond donors (Lipinski definition) is 2. The van der Waals surface area contributed by atoms with Crippen molar-refractivity contribution >= 4 is 35.5 Å². The molecule has 2 amide bonds. The van der Waals surface area contributed by atoms with Gasteiger partial charge >= 0.3 is 5.97 Å². The fourth-order valence-electron chi connectivity index (χ4n) is 1.80. The van der Waals surface area contributed by atoms with E-state index >= 15 is 0 Å². The molecular formula is C18H14ClFN2O4. The van der Waals surface area contributed by atoms with E-state index in [2.05, 4.69) is 0 Å². The number of rotatable bonds is 5. The molecular weight excluding hydrogens is 363 g/mol. The summed E-state index contributed by atoms with van der Waals surface area (Å²) >= 11 is 5.75. The van der Waals surface area contributed by atoms with Crippen LogP contribution >= 0.6 is 11.6 Å². The number of esters is 1. The minimum atomic E-state index is -0.828. The molecule has 0 aliphatic carbocycles. The second kappa shape index (κ2) is 9.33. The first-order valence-electron chi connectivity index (χ1n) is 7.40. The van der Waals surface area contributed by atoms with E-state index in [0.717, 1.165) is 17.7 Å². The summed E-state index contributed by atoms with van der Waals surface area (Å²) in [5.41, 5.74) is 4.55. The molecule has 0 spiro atoms. The first kappa shape index (κ1) is 19.1. The summed E-state index contributed by atoms with van der Waals surface area (Å²) in [5, 5.41) is 0.568. The summed E-state index contributed by atoms with van der Waals surface area (Å²) in [6.07, 6.45) is 2.64. The maximum absolute atomic E-state index is 13.4. The lowest BCUT2D eigenvalue weighted by Crippen LogP contribution is -2.43. The molecule has 8 heteroatoms. The fraction of sp³-hybridized carbons (Fsp3) is 0.0556. The van der Waals surface area contributed by atoms with E-state index in [0.29, 0.717) is 5.02 Å². The molecule has 0 radical (unpaired) electrons. The maximum Gasteiger partial charge on any atom is 0.331 e. The van der Waals surface area contributed by atoms with Gasteiger partial charge in [-0.1, -0.05) is 35.9 Å². The van der Waals surface area contributed by atoms with E-state index in [-0.39, 0.29) is 5.56 Å². The highest BCUT2D eigenvalue weighted by Gasteiger charge is 2.12. The van der Waals surface area contributed by atoms with Crippen molar-refractivity contribution in [3.05, 3.63) is 76.6 Å². The SMILES string of the molecule is O=C(COC(=O)/C=C/c1ccc(Cl)cc1)NNC(=O)c1ccccc1F. The van der Waals surface area contributed by atoms with Gasteiger partial charge in [0.1, 0.15) is 5.82 Å². The fourth-order valence-corrected chi connectivity index (χ4v) is 1.92. The molecule has 0 saturated heterocycles. The van der Waals surface area contributed by atoms with Crippen molar-refractivity contribution in [1.82, 2.24) is 10.9 Å². The Balaban J connectivity index is 1.74. The molecule has 2 rings (SSSR count). The third kappa shape index (κ3) is 6.03. The number of benzene rings is 2. The van der Waals surface area contributed by atoms with E-state index in [1.54, 1.807) is 24.3 Å². The van der Waals surface area contributed by atoms with Crippen molar-refractivity contribution in [3.8, 4) is 0 Å². The molecule has 0 saturated carbocycles. The summed E-state index contributed by atoms with van der Waals surface area (Å²) in [7, 11) is 0. The maximum atomic E-state index is 13.4. The van der Waals surface area contributed by atoms with Gasteiger partial charge in [0.05, 0.1) is 5.56 Å². The quantitative estimate of drug-likeness (QED) is 0.477. The number of nitrogens with one attached hydrogen (secondary N) is 2. The van der Waals surface area contributed by atoms with Crippen molar-refractivity contribution in [2.75, 3.05) is 6.61 Å². The molecule has 2 aromatic carbocycles. The lowest BCUT2D eigenvalue weighted by Gasteiger charge is -2.07. The van der Waals surface area contributed by atoms with Crippen molar-refractivity contribution in [2.45, 2.75) is 0 Å². The molecule has 0 atom stereocenters. The number of amides is 2. The van der Waals surface area contributed by atoms with Crippen LogP contribution in [0.1, 0.15) is 15.9 Å². The van der Waals surface area contributed by atoms with Crippen molar-refractivity contribution in [3.63, 3.8) is 0 Å². The van der Waals surface area contributed by atoms with Crippen LogP contribution in [0.3, 0.4) is 0 Å². The monoisotopic (exact) mass is 376 g/mol. The van der Waals surface area contributed by atoms with Gasteiger partial charge in [0.15, 0.2) is 6.61 Å². The van der Waals surface area contributed by atoms with Crippen molar-refractivity contribution in [1.29, 1.82) is 0 Å². The van der Waals surface area contributed by atoms with E-state index in [9.17, 15) is 18.8 Å². The van der Waals surface area contributed by atoms with Gasteiger partial charge < -0.3 is 4.74 Å². The molecule has 0 unspecified atom stereocenters. The Labute approximate surface area is 153 Å². The summed E-state index contributed by atoms with van der Waals surface area (Å²) in [5.74, 6) is -3.07. The Morgan fingerprint density at radius 1 is 1.04 bits per heavy atom. The molecule has 0 aromatic heterocycles. The lowest BCUT2D eigenvalue weighted by molar-refractivity contribution is -0.144. The van der Waals surface area contributed by atoms with Crippen LogP contribution in [0.5, 0.6) is 0 Å². The summed E-state index contributed by atoms with van der Waals surface area (Å²) in [6, 6.07) is 12.0. The zero-order chi connectivity index (χ0) is 18.9.